The summed E-state index contributed by atoms with van der Waals surface area (Å²) in [5.74, 6) is 0.362. The molecule has 3 aromatic carbocycles. The molecule has 4 aromatic rings. The second-order valence-corrected chi connectivity index (χ2v) is 7.94. The summed E-state index contributed by atoms with van der Waals surface area (Å²) in [5, 5.41) is 11.0. The molecule has 0 aliphatic carbocycles. The highest BCUT2D eigenvalue weighted by molar-refractivity contribution is 5.96. The van der Waals surface area contributed by atoms with Gasteiger partial charge in [-0.2, -0.15) is 0 Å². The summed E-state index contributed by atoms with van der Waals surface area (Å²) in [5.41, 5.74) is 4.16. The highest BCUT2D eigenvalue weighted by atomic mass is 16.4. The fourth-order valence-corrected chi connectivity index (χ4v) is 3.55. The van der Waals surface area contributed by atoms with Crippen LogP contribution in [-0.2, 0) is 11.3 Å². The molecule has 7 nitrogen and oxygen atoms in total. The fraction of sp³-hybridized carbons (Fsp3) is 0.185. The van der Waals surface area contributed by atoms with Crippen molar-refractivity contribution in [2.24, 2.45) is 0 Å². The Morgan fingerprint density at radius 3 is 2.26 bits per heavy atom. The summed E-state index contributed by atoms with van der Waals surface area (Å²) in [7, 11) is 0. The normalized spacial score (nSPS) is 10.6. The van der Waals surface area contributed by atoms with Gasteiger partial charge >= 0.3 is 0 Å². The monoisotopic (exact) mass is 454 g/mol. The van der Waals surface area contributed by atoms with Gasteiger partial charge in [0.15, 0.2) is 0 Å². The van der Waals surface area contributed by atoms with E-state index in [2.05, 4.69) is 15.5 Å². The molecule has 1 aromatic heterocycles. The average molecular weight is 455 g/mol. The number of rotatable bonds is 8. The minimum absolute atomic E-state index is 0.0647. The lowest BCUT2D eigenvalue weighted by Gasteiger charge is -2.21. The number of benzene rings is 3. The number of nitrogens with zero attached hydrogens (tertiary/aromatic N) is 3. The van der Waals surface area contributed by atoms with Crippen LogP contribution in [-0.4, -0.2) is 40.0 Å². The lowest BCUT2D eigenvalue weighted by atomic mass is 10.1. The number of hydrogen-bond acceptors (Lipinski definition) is 5. The summed E-state index contributed by atoms with van der Waals surface area (Å²) < 4.78 is 5.80. The molecule has 0 saturated carbocycles. The molecule has 1 N–H and O–H groups in total. The number of nitrogens with one attached hydrogen (secondary N) is 1. The zero-order valence-electron chi connectivity index (χ0n) is 19.2. The maximum atomic E-state index is 12.6. The van der Waals surface area contributed by atoms with Crippen molar-refractivity contribution in [3.05, 3.63) is 95.6 Å². The van der Waals surface area contributed by atoms with Crippen molar-refractivity contribution in [1.29, 1.82) is 0 Å². The van der Waals surface area contributed by atoms with E-state index < -0.39 is 0 Å². The number of hydrogen-bond donors (Lipinski definition) is 1. The number of amides is 2. The third kappa shape index (κ3) is 5.56. The second kappa shape index (κ2) is 10.6. The summed E-state index contributed by atoms with van der Waals surface area (Å²) in [6, 6.07) is 24.4. The number of carbonyl (C=O) groups is 2. The lowest BCUT2D eigenvalue weighted by Crippen LogP contribution is -2.39. The van der Waals surface area contributed by atoms with Crippen LogP contribution in [0.1, 0.15) is 28.4 Å². The Morgan fingerprint density at radius 2 is 1.59 bits per heavy atom. The summed E-state index contributed by atoms with van der Waals surface area (Å²) in [6.45, 7) is 4.93. The van der Waals surface area contributed by atoms with Crippen LogP contribution in [0.15, 0.2) is 83.3 Å². The summed E-state index contributed by atoms with van der Waals surface area (Å²) in [6.07, 6.45) is 0. The molecule has 34 heavy (non-hydrogen) atoms. The third-order valence-corrected chi connectivity index (χ3v) is 5.43. The van der Waals surface area contributed by atoms with Crippen molar-refractivity contribution in [2.45, 2.75) is 20.4 Å². The van der Waals surface area contributed by atoms with E-state index in [4.69, 9.17) is 4.42 Å². The van der Waals surface area contributed by atoms with Crippen molar-refractivity contribution in [3.8, 4) is 22.9 Å². The van der Waals surface area contributed by atoms with E-state index >= 15 is 0 Å². The zero-order valence-corrected chi connectivity index (χ0v) is 19.2. The van der Waals surface area contributed by atoms with Crippen LogP contribution in [0.25, 0.3) is 22.9 Å². The molecule has 4 rings (SSSR count). The molecule has 0 fully saturated rings. The molecule has 0 aliphatic rings. The van der Waals surface area contributed by atoms with Crippen molar-refractivity contribution in [1.82, 2.24) is 20.4 Å². The molecule has 1 heterocycles. The molecular weight excluding hydrogens is 428 g/mol. The van der Waals surface area contributed by atoms with Gasteiger partial charge in [-0.1, -0.05) is 48.0 Å². The van der Waals surface area contributed by atoms with E-state index in [0.29, 0.717) is 36.0 Å². The van der Waals surface area contributed by atoms with E-state index in [1.165, 1.54) is 0 Å². The maximum absolute atomic E-state index is 12.6. The predicted molar refractivity (Wildman–Crippen MR) is 130 cm³/mol. The third-order valence-electron chi connectivity index (χ3n) is 5.43. The predicted octanol–water partition coefficient (Wildman–Crippen LogP) is 4.49. The highest BCUT2D eigenvalue weighted by Gasteiger charge is 2.15. The number of aromatic nitrogens is 2. The number of likely N-dealkylation sites (N-methyl/N-ethyl adjacent to an activating group) is 1. The Labute approximate surface area is 198 Å². The average Bonchev–Trinajstić information content (AvgIpc) is 3.37. The molecule has 2 amide bonds. The highest BCUT2D eigenvalue weighted by Crippen LogP contribution is 2.24. The molecule has 7 heteroatoms. The standard InChI is InChI=1S/C27H26N4O3/c1-3-31(18-20-9-5-4-6-10-20)24(32)17-28-25(33)21-12-14-22(15-13-21)26-29-30-27(34-26)23-11-7-8-19(2)16-23/h4-16H,3,17-18H2,1-2H3,(H,28,33). The van der Waals surface area contributed by atoms with Crippen LogP contribution in [0, 0.1) is 6.92 Å². The van der Waals surface area contributed by atoms with Gasteiger partial charge in [0.2, 0.25) is 17.7 Å². The van der Waals surface area contributed by atoms with E-state index in [0.717, 1.165) is 16.7 Å². The first-order valence-corrected chi connectivity index (χ1v) is 11.1. The maximum Gasteiger partial charge on any atom is 0.251 e. The van der Waals surface area contributed by atoms with Gasteiger partial charge in [-0.15, -0.1) is 10.2 Å². The van der Waals surface area contributed by atoms with E-state index in [-0.39, 0.29) is 18.4 Å². The molecule has 0 aliphatic heterocycles. The molecule has 0 unspecified atom stereocenters. The van der Waals surface area contributed by atoms with Crippen molar-refractivity contribution in [2.75, 3.05) is 13.1 Å². The van der Waals surface area contributed by atoms with Gasteiger partial charge < -0.3 is 14.6 Å². The minimum Gasteiger partial charge on any atom is -0.416 e. The van der Waals surface area contributed by atoms with Crippen LogP contribution in [0.4, 0.5) is 0 Å². The Hall–Kier alpha value is -4.26. The van der Waals surface area contributed by atoms with Gasteiger partial charge in [0.05, 0.1) is 6.54 Å². The molecule has 0 saturated heterocycles. The molecule has 0 radical (unpaired) electrons. The summed E-state index contributed by atoms with van der Waals surface area (Å²) in [4.78, 5) is 26.8. The molecule has 0 spiro atoms. The SMILES string of the molecule is CCN(Cc1ccccc1)C(=O)CNC(=O)c1ccc(-c2nnc(-c3cccc(C)c3)o2)cc1. The van der Waals surface area contributed by atoms with Crippen molar-refractivity contribution < 1.29 is 14.0 Å². The quantitative estimate of drug-likeness (QED) is 0.424. The topological polar surface area (TPSA) is 88.3 Å². The fourth-order valence-electron chi connectivity index (χ4n) is 3.55. The Balaban J connectivity index is 1.35. The first-order chi connectivity index (χ1) is 16.5. The molecule has 0 atom stereocenters. The van der Waals surface area contributed by atoms with Gasteiger partial charge in [0.1, 0.15) is 0 Å². The summed E-state index contributed by atoms with van der Waals surface area (Å²) >= 11 is 0. The Kier molecular flexibility index (Phi) is 7.13. The van der Waals surface area contributed by atoms with Gasteiger partial charge in [0, 0.05) is 29.8 Å². The minimum atomic E-state index is -0.318. The van der Waals surface area contributed by atoms with Crippen LogP contribution in [0.5, 0.6) is 0 Å². The second-order valence-electron chi connectivity index (χ2n) is 7.94. The van der Waals surface area contributed by atoms with E-state index in [1.807, 2.05) is 68.4 Å². The molecular formula is C27H26N4O3. The van der Waals surface area contributed by atoms with Crippen LogP contribution >= 0.6 is 0 Å². The van der Waals surface area contributed by atoms with Crippen LogP contribution in [0.2, 0.25) is 0 Å². The van der Waals surface area contributed by atoms with Crippen molar-refractivity contribution >= 4 is 11.8 Å². The molecule has 172 valence electrons. The Morgan fingerprint density at radius 1 is 0.882 bits per heavy atom. The largest absolute Gasteiger partial charge is 0.416 e. The smallest absolute Gasteiger partial charge is 0.251 e. The zero-order chi connectivity index (χ0) is 23.9. The van der Waals surface area contributed by atoms with E-state index in [1.54, 1.807) is 29.2 Å². The number of carbonyl (C=O) groups excluding carboxylic acids is 2. The van der Waals surface area contributed by atoms with E-state index in [9.17, 15) is 9.59 Å². The Bertz CT molecular complexity index is 1270. The van der Waals surface area contributed by atoms with Crippen LogP contribution < -0.4 is 5.32 Å². The van der Waals surface area contributed by atoms with Crippen LogP contribution in [0.3, 0.4) is 0 Å². The van der Waals surface area contributed by atoms with Gasteiger partial charge in [0.25, 0.3) is 5.91 Å². The molecule has 0 bridgehead atoms. The van der Waals surface area contributed by atoms with Gasteiger partial charge in [-0.3, -0.25) is 9.59 Å². The number of aryl methyl sites for hydroxylation is 1. The first-order valence-electron chi connectivity index (χ1n) is 11.1. The van der Waals surface area contributed by atoms with Gasteiger partial charge in [-0.25, -0.2) is 0 Å². The lowest BCUT2D eigenvalue weighted by molar-refractivity contribution is -0.130. The first kappa shape index (κ1) is 22.9. The van der Waals surface area contributed by atoms with Crippen molar-refractivity contribution in [3.63, 3.8) is 0 Å². The van der Waals surface area contributed by atoms with Gasteiger partial charge in [-0.05, 0) is 55.8 Å².